The summed E-state index contributed by atoms with van der Waals surface area (Å²) in [5, 5.41) is 12.8. The van der Waals surface area contributed by atoms with Crippen LogP contribution in [-0.2, 0) is 11.4 Å². The van der Waals surface area contributed by atoms with Crippen molar-refractivity contribution >= 4 is 52.5 Å². The summed E-state index contributed by atoms with van der Waals surface area (Å²) < 4.78 is 7.87. The highest BCUT2D eigenvalue weighted by Crippen LogP contribution is 2.38. The van der Waals surface area contributed by atoms with Gasteiger partial charge in [-0.05, 0) is 67.1 Å². The number of nitrogens with one attached hydrogen (secondary N) is 2. The van der Waals surface area contributed by atoms with Crippen molar-refractivity contribution in [1.82, 2.24) is 14.8 Å². The second kappa shape index (κ2) is 11.7. The molecule has 0 aliphatic carbocycles. The van der Waals surface area contributed by atoms with Gasteiger partial charge in [0.15, 0.2) is 0 Å². The van der Waals surface area contributed by atoms with Crippen molar-refractivity contribution in [3.8, 4) is 5.75 Å². The summed E-state index contributed by atoms with van der Waals surface area (Å²) in [5.74, 6) is 1.83. The first-order valence-electron chi connectivity index (χ1n) is 12.4. The Morgan fingerprint density at radius 3 is 2.69 bits per heavy atom. The second-order valence-electron chi connectivity index (χ2n) is 9.08. The Morgan fingerprint density at radius 1 is 1.10 bits per heavy atom. The standard InChI is InChI=1S/C29H27Cl2N5O2S/c1-4-39-29-34-28-32-18(3)25(27(37)33-22-9-5-7-17(2)13-22)26(36(28)35-29)19-8-6-10-23(14-19)38-16-20-11-12-21(30)15-24(20)31/h5-15,26H,4,16H2,1-3H3,(H,33,37)(H,32,34,35). The lowest BCUT2D eigenvalue weighted by molar-refractivity contribution is -0.113. The normalized spacial score (nSPS) is 14.5. The second-order valence-corrected chi connectivity index (χ2v) is 11.2. The molecule has 0 spiro atoms. The molecule has 0 bridgehead atoms. The monoisotopic (exact) mass is 579 g/mol. The Kier molecular flexibility index (Phi) is 8.16. The molecule has 0 radical (unpaired) electrons. The molecule has 1 aromatic heterocycles. The van der Waals surface area contributed by atoms with E-state index < -0.39 is 6.04 Å². The molecule has 1 atom stereocenters. The van der Waals surface area contributed by atoms with E-state index in [-0.39, 0.29) is 12.5 Å². The van der Waals surface area contributed by atoms with Gasteiger partial charge in [0.1, 0.15) is 18.4 Å². The largest absolute Gasteiger partial charge is 0.489 e. The van der Waals surface area contributed by atoms with Crippen LogP contribution in [0.5, 0.6) is 5.75 Å². The third-order valence-electron chi connectivity index (χ3n) is 6.21. The topological polar surface area (TPSA) is 81.1 Å². The fraction of sp³-hybridized carbons (Fsp3) is 0.207. The maximum atomic E-state index is 13.7. The molecule has 1 unspecified atom stereocenters. The van der Waals surface area contributed by atoms with Crippen LogP contribution in [0.25, 0.3) is 0 Å². The summed E-state index contributed by atoms with van der Waals surface area (Å²) in [7, 11) is 0. The van der Waals surface area contributed by atoms with Crippen molar-refractivity contribution in [1.29, 1.82) is 0 Å². The van der Waals surface area contributed by atoms with E-state index in [9.17, 15) is 4.79 Å². The maximum Gasteiger partial charge on any atom is 0.255 e. The highest BCUT2D eigenvalue weighted by molar-refractivity contribution is 7.99. The maximum absolute atomic E-state index is 13.7. The van der Waals surface area contributed by atoms with Crippen LogP contribution in [0.1, 0.15) is 36.6 Å². The van der Waals surface area contributed by atoms with E-state index >= 15 is 0 Å². The Morgan fingerprint density at radius 2 is 1.92 bits per heavy atom. The van der Waals surface area contributed by atoms with Gasteiger partial charge in [0.2, 0.25) is 11.1 Å². The first-order chi connectivity index (χ1) is 18.8. The first-order valence-corrected chi connectivity index (χ1v) is 14.2. The van der Waals surface area contributed by atoms with Gasteiger partial charge in [0, 0.05) is 27.0 Å². The molecule has 2 N–H and O–H groups in total. The molecule has 5 rings (SSSR count). The van der Waals surface area contributed by atoms with E-state index in [1.807, 2.05) is 75.4 Å². The molecule has 0 saturated carbocycles. The van der Waals surface area contributed by atoms with E-state index in [1.54, 1.807) is 28.6 Å². The number of aryl methyl sites for hydroxylation is 1. The van der Waals surface area contributed by atoms with E-state index in [2.05, 4.69) is 15.6 Å². The van der Waals surface area contributed by atoms with Crippen LogP contribution in [0.15, 0.2) is 83.2 Å². The summed E-state index contributed by atoms with van der Waals surface area (Å²) in [6, 6.07) is 20.2. The number of thioether (sulfide) groups is 1. The Labute approximate surface area is 241 Å². The van der Waals surface area contributed by atoms with Crippen molar-refractivity contribution < 1.29 is 9.53 Å². The first kappa shape index (κ1) is 27.1. The van der Waals surface area contributed by atoms with Crippen LogP contribution in [0, 0.1) is 6.92 Å². The van der Waals surface area contributed by atoms with E-state index in [0.29, 0.717) is 38.2 Å². The lowest BCUT2D eigenvalue weighted by atomic mass is 9.94. The number of rotatable bonds is 8. The number of carbonyl (C=O) groups is 1. The Balaban J connectivity index is 1.50. The number of carbonyl (C=O) groups excluding carboxylic acids is 1. The number of anilines is 2. The summed E-state index contributed by atoms with van der Waals surface area (Å²) >= 11 is 13.9. The molecular formula is C29H27Cl2N5O2S. The van der Waals surface area contributed by atoms with Gasteiger partial charge < -0.3 is 15.4 Å². The number of nitrogens with zero attached hydrogens (tertiary/aromatic N) is 3. The zero-order valence-corrected chi connectivity index (χ0v) is 24.0. The fourth-order valence-electron chi connectivity index (χ4n) is 4.42. The number of amides is 1. The zero-order valence-electron chi connectivity index (χ0n) is 21.7. The SMILES string of the molecule is CCSc1nc2n(n1)C(c1cccc(OCc3ccc(Cl)cc3Cl)c1)C(C(=O)Nc1cccc(C)c1)=C(C)N2. The highest BCUT2D eigenvalue weighted by atomic mass is 35.5. The molecule has 0 saturated heterocycles. The van der Waals surface area contributed by atoms with Crippen LogP contribution in [0.2, 0.25) is 10.0 Å². The van der Waals surface area contributed by atoms with E-state index in [4.69, 9.17) is 33.0 Å². The summed E-state index contributed by atoms with van der Waals surface area (Å²) in [6.07, 6.45) is 0. The van der Waals surface area contributed by atoms with Crippen molar-refractivity contribution in [3.63, 3.8) is 0 Å². The van der Waals surface area contributed by atoms with Crippen molar-refractivity contribution in [2.45, 2.75) is 38.6 Å². The van der Waals surface area contributed by atoms with Gasteiger partial charge in [-0.25, -0.2) is 4.68 Å². The molecule has 1 aliphatic rings. The molecule has 39 heavy (non-hydrogen) atoms. The van der Waals surface area contributed by atoms with Crippen LogP contribution >= 0.6 is 35.0 Å². The Bertz CT molecular complexity index is 1570. The minimum Gasteiger partial charge on any atom is -0.489 e. The van der Waals surface area contributed by atoms with Gasteiger partial charge in [0.05, 0.1) is 5.57 Å². The predicted molar refractivity (Wildman–Crippen MR) is 158 cm³/mol. The molecule has 1 amide bonds. The van der Waals surface area contributed by atoms with Gasteiger partial charge in [0.25, 0.3) is 5.91 Å². The van der Waals surface area contributed by atoms with Gasteiger partial charge in [-0.1, -0.05) is 72.2 Å². The quantitative estimate of drug-likeness (QED) is 0.210. The lowest BCUT2D eigenvalue weighted by Gasteiger charge is -2.29. The molecule has 1 aliphatic heterocycles. The molecule has 2 heterocycles. The molecule has 7 nitrogen and oxygen atoms in total. The molecular weight excluding hydrogens is 553 g/mol. The smallest absolute Gasteiger partial charge is 0.255 e. The number of benzene rings is 3. The minimum absolute atomic E-state index is 0.222. The number of fused-ring (bicyclic) bond motifs is 1. The number of allylic oxidation sites excluding steroid dienone is 1. The zero-order chi connectivity index (χ0) is 27.5. The summed E-state index contributed by atoms with van der Waals surface area (Å²) in [4.78, 5) is 18.4. The number of ether oxygens (including phenoxy) is 1. The molecule has 0 fully saturated rings. The highest BCUT2D eigenvalue weighted by Gasteiger charge is 2.34. The fourth-order valence-corrected chi connectivity index (χ4v) is 5.44. The summed E-state index contributed by atoms with van der Waals surface area (Å²) in [6.45, 7) is 6.19. The van der Waals surface area contributed by atoms with Crippen LogP contribution in [0.4, 0.5) is 11.6 Å². The predicted octanol–water partition coefficient (Wildman–Crippen LogP) is 7.51. The average molecular weight is 581 g/mol. The number of halogens is 2. The third-order valence-corrected chi connectivity index (χ3v) is 7.52. The van der Waals surface area contributed by atoms with Gasteiger partial charge in [-0.3, -0.25) is 4.79 Å². The lowest BCUT2D eigenvalue weighted by Crippen LogP contribution is -2.31. The molecule has 10 heteroatoms. The van der Waals surface area contributed by atoms with Crippen molar-refractivity contribution in [2.24, 2.45) is 0 Å². The van der Waals surface area contributed by atoms with Crippen LogP contribution < -0.4 is 15.4 Å². The van der Waals surface area contributed by atoms with E-state index in [0.717, 1.165) is 28.1 Å². The molecule has 3 aromatic carbocycles. The van der Waals surface area contributed by atoms with Crippen LogP contribution in [0.3, 0.4) is 0 Å². The van der Waals surface area contributed by atoms with Gasteiger partial charge in [-0.15, -0.1) is 5.10 Å². The van der Waals surface area contributed by atoms with Gasteiger partial charge >= 0.3 is 0 Å². The van der Waals surface area contributed by atoms with Crippen LogP contribution in [-0.4, -0.2) is 26.4 Å². The van der Waals surface area contributed by atoms with Crippen molar-refractivity contribution in [2.75, 3.05) is 16.4 Å². The number of aromatic nitrogens is 3. The summed E-state index contributed by atoms with van der Waals surface area (Å²) in [5.41, 5.74) is 4.69. The molecule has 200 valence electrons. The molecule has 4 aromatic rings. The number of hydrogen-bond acceptors (Lipinski definition) is 6. The van der Waals surface area contributed by atoms with E-state index in [1.165, 1.54) is 0 Å². The number of hydrogen-bond donors (Lipinski definition) is 2. The minimum atomic E-state index is -0.521. The third kappa shape index (κ3) is 6.08. The average Bonchev–Trinajstić information content (AvgIpc) is 3.29. The Hall–Kier alpha value is -3.46. The van der Waals surface area contributed by atoms with Gasteiger partial charge in [-0.2, -0.15) is 4.98 Å². The van der Waals surface area contributed by atoms with Crippen molar-refractivity contribution in [3.05, 3.63) is 105 Å².